The molecule has 10 aromatic carbocycles. The van der Waals surface area contributed by atoms with E-state index in [0.29, 0.717) is 0 Å². The zero-order chi connectivity index (χ0) is 41.4. The first-order valence-corrected chi connectivity index (χ1v) is 21.7. The lowest BCUT2D eigenvalue weighted by Gasteiger charge is -2.15. The summed E-state index contributed by atoms with van der Waals surface area (Å²) in [5, 5.41) is 7.42. The summed E-state index contributed by atoms with van der Waals surface area (Å²) in [6, 6.07) is 86.5. The molecule has 13 rings (SSSR count). The molecule has 0 saturated carbocycles. The highest BCUT2D eigenvalue weighted by Crippen LogP contribution is 2.47. The zero-order valence-electron chi connectivity index (χ0n) is 34.4. The largest absolute Gasteiger partial charge is 0.309 e. The molecule has 0 unspecified atom stereocenters. The Labute approximate surface area is 364 Å². The number of rotatable bonds is 6. The smallest absolute Gasteiger partial charge is 0.0627 e. The molecule has 63 heavy (non-hydrogen) atoms. The molecule has 0 aliphatic carbocycles. The van der Waals surface area contributed by atoms with Gasteiger partial charge in [-0.3, -0.25) is 0 Å². The summed E-state index contributed by atoms with van der Waals surface area (Å²) in [4.78, 5) is 0. The van der Waals surface area contributed by atoms with Crippen molar-refractivity contribution in [1.82, 2.24) is 13.7 Å². The third-order valence-corrected chi connectivity index (χ3v) is 13.0. The second kappa shape index (κ2) is 14.1. The SMILES string of the molecule is c1ccc(-c2ccc(-n3c4ccccc4c4ccc(-c5cccc(-c6c7c8ccccc8n(-c8ccccc8)c7cc7c8ccccc8n(-c8ccccc8)c67)c5)cc43)cc2)cc1. The Balaban J connectivity index is 1.08. The van der Waals surface area contributed by atoms with Crippen LogP contribution >= 0.6 is 0 Å². The second-order valence-electron chi connectivity index (χ2n) is 16.5. The fourth-order valence-corrected chi connectivity index (χ4v) is 10.3. The summed E-state index contributed by atoms with van der Waals surface area (Å²) in [6.45, 7) is 0. The third kappa shape index (κ3) is 5.46. The highest BCUT2D eigenvalue weighted by molar-refractivity contribution is 6.27. The van der Waals surface area contributed by atoms with Gasteiger partial charge in [-0.1, -0.05) is 164 Å². The minimum absolute atomic E-state index is 1.14. The minimum Gasteiger partial charge on any atom is -0.309 e. The molecule has 3 heterocycles. The fourth-order valence-electron chi connectivity index (χ4n) is 10.3. The molecule has 3 heteroatoms. The van der Waals surface area contributed by atoms with Crippen LogP contribution in [0.25, 0.3) is 116 Å². The van der Waals surface area contributed by atoms with Gasteiger partial charge in [0.25, 0.3) is 0 Å². The van der Waals surface area contributed by atoms with E-state index < -0.39 is 0 Å². The summed E-state index contributed by atoms with van der Waals surface area (Å²) in [7, 11) is 0. The Morgan fingerprint density at radius 1 is 0.222 bits per heavy atom. The Hall–Kier alpha value is -8.40. The van der Waals surface area contributed by atoms with Gasteiger partial charge in [-0.15, -0.1) is 0 Å². The number of nitrogens with zero attached hydrogens (tertiary/aromatic N) is 3. The lowest BCUT2D eigenvalue weighted by molar-refractivity contribution is 1.17. The molecule has 0 N–H and O–H groups in total. The standard InChI is InChI=1S/C60H39N3/c1-4-17-40(18-5-1)41-31-34-47(35-32-41)61-53-28-13-10-25-48(53)50-36-33-43(38-56(50)61)42-19-16-20-44(37-42)58-59-51-27-12-15-30-55(51)62(45-21-6-2-7-22-45)57(59)39-52-49-26-11-14-29-54(49)63(60(52)58)46-23-8-3-9-24-46/h1-39H. The van der Waals surface area contributed by atoms with Gasteiger partial charge >= 0.3 is 0 Å². The van der Waals surface area contributed by atoms with Crippen LogP contribution in [-0.2, 0) is 0 Å². The van der Waals surface area contributed by atoms with E-state index in [2.05, 4.69) is 250 Å². The predicted octanol–water partition coefficient (Wildman–Crippen LogP) is 16.0. The van der Waals surface area contributed by atoms with Crippen molar-refractivity contribution in [3.05, 3.63) is 237 Å². The number of hydrogen-bond acceptors (Lipinski definition) is 0. The predicted molar refractivity (Wildman–Crippen MR) is 266 cm³/mol. The van der Waals surface area contributed by atoms with Gasteiger partial charge in [0.2, 0.25) is 0 Å². The van der Waals surface area contributed by atoms with Gasteiger partial charge in [-0.05, 0) is 101 Å². The topological polar surface area (TPSA) is 14.8 Å². The van der Waals surface area contributed by atoms with Crippen LogP contribution in [0.3, 0.4) is 0 Å². The van der Waals surface area contributed by atoms with Crippen molar-refractivity contribution in [2.45, 2.75) is 0 Å². The van der Waals surface area contributed by atoms with Gasteiger partial charge in [0, 0.05) is 54.9 Å². The van der Waals surface area contributed by atoms with Crippen molar-refractivity contribution in [3.8, 4) is 50.4 Å². The molecular formula is C60H39N3. The number of fused-ring (bicyclic) bond motifs is 9. The highest BCUT2D eigenvalue weighted by atomic mass is 15.0. The summed E-state index contributed by atoms with van der Waals surface area (Å²) >= 11 is 0. The van der Waals surface area contributed by atoms with E-state index in [1.165, 1.54) is 98.8 Å². The van der Waals surface area contributed by atoms with Crippen molar-refractivity contribution in [2.24, 2.45) is 0 Å². The highest BCUT2D eigenvalue weighted by Gasteiger charge is 2.24. The Morgan fingerprint density at radius 3 is 1.37 bits per heavy atom. The second-order valence-corrected chi connectivity index (χ2v) is 16.5. The maximum absolute atomic E-state index is 2.48. The summed E-state index contributed by atoms with van der Waals surface area (Å²) in [5.41, 5.74) is 17.8. The van der Waals surface area contributed by atoms with E-state index >= 15 is 0 Å². The van der Waals surface area contributed by atoms with Crippen LogP contribution in [0.15, 0.2) is 237 Å². The van der Waals surface area contributed by atoms with Gasteiger partial charge in [0.15, 0.2) is 0 Å². The summed E-state index contributed by atoms with van der Waals surface area (Å²) < 4.78 is 7.35. The van der Waals surface area contributed by atoms with E-state index in [9.17, 15) is 0 Å². The molecule has 0 aliphatic rings. The average molecular weight is 802 g/mol. The van der Waals surface area contributed by atoms with Gasteiger partial charge in [-0.2, -0.15) is 0 Å². The number of hydrogen-bond donors (Lipinski definition) is 0. The Bertz CT molecular complexity index is 3860. The summed E-state index contributed by atoms with van der Waals surface area (Å²) in [5.74, 6) is 0. The van der Waals surface area contributed by atoms with Crippen molar-refractivity contribution in [3.63, 3.8) is 0 Å². The van der Waals surface area contributed by atoms with Crippen molar-refractivity contribution in [1.29, 1.82) is 0 Å². The average Bonchev–Trinajstić information content (AvgIpc) is 3.99. The molecule has 0 aliphatic heterocycles. The monoisotopic (exact) mass is 801 g/mol. The molecule has 0 spiro atoms. The zero-order valence-corrected chi connectivity index (χ0v) is 34.4. The molecule has 3 nitrogen and oxygen atoms in total. The van der Waals surface area contributed by atoms with Gasteiger partial charge in [-0.25, -0.2) is 0 Å². The first-order valence-electron chi connectivity index (χ1n) is 21.7. The van der Waals surface area contributed by atoms with Crippen molar-refractivity contribution < 1.29 is 0 Å². The lowest BCUT2D eigenvalue weighted by Crippen LogP contribution is -1.97. The Kier molecular flexibility index (Phi) is 7.91. The van der Waals surface area contributed by atoms with E-state index in [-0.39, 0.29) is 0 Å². The molecule has 0 radical (unpaired) electrons. The van der Waals surface area contributed by atoms with Gasteiger partial charge in [0.05, 0.1) is 33.1 Å². The molecular weight excluding hydrogens is 763 g/mol. The van der Waals surface area contributed by atoms with E-state index in [1.807, 2.05) is 0 Å². The molecule has 0 bridgehead atoms. The van der Waals surface area contributed by atoms with E-state index in [0.717, 1.165) is 17.1 Å². The van der Waals surface area contributed by atoms with E-state index in [4.69, 9.17) is 0 Å². The third-order valence-electron chi connectivity index (χ3n) is 13.0. The van der Waals surface area contributed by atoms with Crippen LogP contribution < -0.4 is 0 Å². The number of aromatic nitrogens is 3. The Morgan fingerprint density at radius 2 is 0.667 bits per heavy atom. The first-order chi connectivity index (χ1) is 31.3. The maximum atomic E-state index is 2.48. The van der Waals surface area contributed by atoms with Crippen LogP contribution in [0.1, 0.15) is 0 Å². The molecule has 3 aromatic heterocycles. The number of benzene rings is 10. The van der Waals surface area contributed by atoms with Gasteiger partial charge in [0.1, 0.15) is 0 Å². The molecule has 13 aromatic rings. The fraction of sp³-hybridized carbons (Fsp3) is 0. The lowest BCUT2D eigenvalue weighted by atomic mass is 9.93. The van der Waals surface area contributed by atoms with Crippen LogP contribution in [0.4, 0.5) is 0 Å². The van der Waals surface area contributed by atoms with Crippen LogP contribution in [0.2, 0.25) is 0 Å². The van der Waals surface area contributed by atoms with Crippen LogP contribution in [0, 0.1) is 0 Å². The first kappa shape index (κ1) is 35.4. The van der Waals surface area contributed by atoms with Crippen molar-refractivity contribution in [2.75, 3.05) is 0 Å². The molecule has 0 saturated heterocycles. The van der Waals surface area contributed by atoms with Crippen molar-refractivity contribution >= 4 is 65.4 Å². The molecule has 0 atom stereocenters. The normalized spacial score (nSPS) is 11.8. The van der Waals surface area contributed by atoms with Crippen LogP contribution in [-0.4, -0.2) is 13.7 Å². The molecule has 294 valence electrons. The number of para-hydroxylation sites is 5. The van der Waals surface area contributed by atoms with Gasteiger partial charge < -0.3 is 13.7 Å². The molecule has 0 fully saturated rings. The quantitative estimate of drug-likeness (QED) is 0.159. The van der Waals surface area contributed by atoms with Crippen LogP contribution in [0.5, 0.6) is 0 Å². The maximum Gasteiger partial charge on any atom is 0.0627 e. The molecule has 0 amide bonds. The minimum atomic E-state index is 1.14. The summed E-state index contributed by atoms with van der Waals surface area (Å²) in [6.07, 6.45) is 0. The van der Waals surface area contributed by atoms with E-state index in [1.54, 1.807) is 0 Å².